The van der Waals surface area contributed by atoms with E-state index in [0.717, 1.165) is 5.56 Å². The SMILES string of the molecule is CN(CCC(=O)O)C(=O)CCN(C)C(=O)OCc1ccccc1. The second-order valence-corrected chi connectivity index (χ2v) is 5.17. The van der Waals surface area contributed by atoms with E-state index in [1.165, 1.54) is 9.80 Å². The molecular formula is C16H22N2O5. The molecule has 0 aromatic heterocycles. The Hall–Kier alpha value is -2.57. The van der Waals surface area contributed by atoms with Gasteiger partial charge in [-0.25, -0.2) is 4.79 Å². The summed E-state index contributed by atoms with van der Waals surface area (Å²) in [6.07, 6.45) is -0.487. The Morgan fingerprint density at radius 3 is 2.22 bits per heavy atom. The third-order valence-corrected chi connectivity index (χ3v) is 3.26. The quantitative estimate of drug-likeness (QED) is 0.785. The van der Waals surface area contributed by atoms with Gasteiger partial charge in [0.2, 0.25) is 5.91 Å². The molecule has 2 amide bonds. The summed E-state index contributed by atoms with van der Waals surface area (Å²) in [7, 11) is 3.09. The van der Waals surface area contributed by atoms with E-state index in [2.05, 4.69) is 0 Å². The molecule has 7 nitrogen and oxygen atoms in total. The van der Waals surface area contributed by atoms with Gasteiger partial charge in [0.15, 0.2) is 0 Å². The normalized spacial score (nSPS) is 10.0. The van der Waals surface area contributed by atoms with E-state index in [4.69, 9.17) is 9.84 Å². The maximum Gasteiger partial charge on any atom is 0.409 e. The van der Waals surface area contributed by atoms with Crippen molar-refractivity contribution in [3.63, 3.8) is 0 Å². The van der Waals surface area contributed by atoms with E-state index >= 15 is 0 Å². The lowest BCUT2D eigenvalue weighted by Gasteiger charge is -2.20. The van der Waals surface area contributed by atoms with Gasteiger partial charge in [0, 0.05) is 33.6 Å². The average molecular weight is 322 g/mol. The predicted octanol–water partition coefficient (Wildman–Crippen LogP) is 1.58. The van der Waals surface area contributed by atoms with Gasteiger partial charge in [-0.3, -0.25) is 9.59 Å². The van der Waals surface area contributed by atoms with Crippen molar-refractivity contribution in [2.24, 2.45) is 0 Å². The highest BCUT2D eigenvalue weighted by Gasteiger charge is 2.15. The average Bonchev–Trinajstić information content (AvgIpc) is 2.55. The Bertz CT molecular complexity index is 533. The number of carbonyl (C=O) groups is 3. The fourth-order valence-corrected chi connectivity index (χ4v) is 1.76. The lowest BCUT2D eigenvalue weighted by molar-refractivity contribution is -0.138. The summed E-state index contributed by atoms with van der Waals surface area (Å²) >= 11 is 0. The van der Waals surface area contributed by atoms with Crippen LogP contribution in [-0.4, -0.2) is 60.1 Å². The number of ether oxygens (including phenoxy) is 1. The van der Waals surface area contributed by atoms with Gasteiger partial charge in [0.05, 0.1) is 6.42 Å². The number of carboxylic acids is 1. The molecule has 23 heavy (non-hydrogen) atoms. The first kappa shape index (κ1) is 18.5. The van der Waals surface area contributed by atoms with Crippen molar-refractivity contribution in [1.82, 2.24) is 9.80 Å². The zero-order valence-corrected chi connectivity index (χ0v) is 13.4. The van der Waals surface area contributed by atoms with Crippen molar-refractivity contribution in [3.8, 4) is 0 Å². The first-order chi connectivity index (χ1) is 10.9. The summed E-state index contributed by atoms with van der Waals surface area (Å²) < 4.78 is 5.15. The van der Waals surface area contributed by atoms with Crippen LogP contribution in [0.5, 0.6) is 0 Å². The van der Waals surface area contributed by atoms with Crippen LogP contribution in [0.15, 0.2) is 30.3 Å². The highest BCUT2D eigenvalue weighted by molar-refractivity contribution is 5.77. The maximum atomic E-state index is 11.8. The molecule has 0 aliphatic carbocycles. The van der Waals surface area contributed by atoms with E-state index in [1.807, 2.05) is 30.3 Å². The van der Waals surface area contributed by atoms with Crippen LogP contribution in [0.25, 0.3) is 0 Å². The molecule has 1 aromatic carbocycles. The molecule has 0 saturated heterocycles. The molecule has 0 saturated carbocycles. The molecule has 0 aliphatic heterocycles. The topological polar surface area (TPSA) is 87.2 Å². The number of carboxylic acid groups (broad SMARTS) is 1. The molecular weight excluding hydrogens is 300 g/mol. The Kier molecular flexibility index (Phi) is 7.59. The van der Waals surface area contributed by atoms with Crippen molar-refractivity contribution in [2.45, 2.75) is 19.4 Å². The molecule has 1 aromatic rings. The number of nitrogens with zero attached hydrogens (tertiary/aromatic N) is 2. The molecule has 0 fully saturated rings. The van der Waals surface area contributed by atoms with Crippen LogP contribution in [0.2, 0.25) is 0 Å². The summed E-state index contributed by atoms with van der Waals surface area (Å²) in [4.78, 5) is 36.8. The molecule has 0 spiro atoms. The van der Waals surface area contributed by atoms with Gasteiger partial charge in [-0.2, -0.15) is 0 Å². The zero-order chi connectivity index (χ0) is 17.2. The van der Waals surface area contributed by atoms with Crippen molar-refractivity contribution in [2.75, 3.05) is 27.2 Å². The molecule has 0 unspecified atom stereocenters. The minimum absolute atomic E-state index is 0.100. The van der Waals surface area contributed by atoms with Crippen molar-refractivity contribution < 1.29 is 24.2 Å². The molecule has 126 valence electrons. The van der Waals surface area contributed by atoms with Gasteiger partial charge in [0.25, 0.3) is 0 Å². The number of carbonyl (C=O) groups excluding carboxylic acids is 2. The first-order valence-corrected chi connectivity index (χ1v) is 7.27. The van der Waals surface area contributed by atoms with E-state index in [9.17, 15) is 14.4 Å². The monoisotopic (exact) mass is 322 g/mol. The second kappa shape index (κ2) is 9.45. The van der Waals surface area contributed by atoms with Gasteiger partial charge in [0.1, 0.15) is 6.61 Å². The number of benzene rings is 1. The van der Waals surface area contributed by atoms with Gasteiger partial charge >= 0.3 is 12.1 Å². The fraction of sp³-hybridized carbons (Fsp3) is 0.438. The van der Waals surface area contributed by atoms with E-state index in [-0.39, 0.29) is 38.4 Å². The van der Waals surface area contributed by atoms with Crippen LogP contribution in [0.4, 0.5) is 4.79 Å². The third-order valence-electron chi connectivity index (χ3n) is 3.26. The molecule has 0 aliphatic rings. The lowest BCUT2D eigenvalue weighted by atomic mass is 10.2. The number of rotatable bonds is 8. The minimum atomic E-state index is -0.953. The maximum absolute atomic E-state index is 11.8. The van der Waals surface area contributed by atoms with Crippen LogP contribution >= 0.6 is 0 Å². The first-order valence-electron chi connectivity index (χ1n) is 7.27. The molecule has 0 radical (unpaired) electrons. The summed E-state index contributed by atoms with van der Waals surface area (Å²) in [6, 6.07) is 9.31. The van der Waals surface area contributed by atoms with Crippen LogP contribution < -0.4 is 0 Å². The highest BCUT2D eigenvalue weighted by Crippen LogP contribution is 2.03. The molecule has 0 heterocycles. The van der Waals surface area contributed by atoms with E-state index < -0.39 is 12.1 Å². The fourth-order valence-electron chi connectivity index (χ4n) is 1.76. The Morgan fingerprint density at radius 1 is 1.00 bits per heavy atom. The minimum Gasteiger partial charge on any atom is -0.481 e. The van der Waals surface area contributed by atoms with Gasteiger partial charge in [-0.1, -0.05) is 30.3 Å². The van der Waals surface area contributed by atoms with Crippen LogP contribution in [0.3, 0.4) is 0 Å². The predicted molar refractivity (Wildman–Crippen MR) is 83.8 cm³/mol. The largest absolute Gasteiger partial charge is 0.481 e. The highest BCUT2D eigenvalue weighted by atomic mass is 16.6. The number of hydrogen-bond acceptors (Lipinski definition) is 4. The Morgan fingerprint density at radius 2 is 1.61 bits per heavy atom. The smallest absolute Gasteiger partial charge is 0.409 e. The van der Waals surface area contributed by atoms with Crippen molar-refractivity contribution in [1.29, 1.82) is 0 Å². The molecule has 7 heteroatoms. The van der Waals surface area contributed by atoms with Gasteiger partial charge in [-0.05, 0) is 5.56 Å². The van der Waals surface area contributed by atoms with Crippen LogP contribution in [-0.2, 0) is 20.9 Å². The third kappa shape index (κ3) is 7.30. The Labute approximate surface area is 135 Å². The van der Waals surface area contributed by atoms with E-state index in [0.29, 0.717) is 0 Å². The molecule has 0 bridgehead atoms. The second-order valence-electron chi connectivity index (χ2n) is 5.17. The summed E-state index contributed by atoms with van der Waals surface area (Å²) in [5, 5.41) is 8.58. The van der Waals surface area contributed by atoms with E-state index in [1.54, 1.807) is 14.1 Å². The van der Waals surface area contributed by atoms with Crippen LogP contribution in [0, 0.1) is 0 Å². The number of hydrogen-bond donors (Lipinski definition) is 1. The molecule has 0 atom stereocenters. The van der Waals surface area contributed by atoms with Crippen LogP contribution in [0.1, 0.15) is 18.4 Å². The lowest BCUT2D eigenvalue weighted by Crippen LogP contribution is -2.34. The summed E-state index contributed by atoms with van der Waals surface area (Å²) in [5.74, 6) is -1.17. The summed E-state index contributed by atoms with van der Waals surface area (Å²) in [5.41, 5.74) is 0.888. The Balaban J connectivity index is 2.29. The molecule has 1 rings (SSSR count). The van der Waals surface area contributed by atoms with Crippen molar-refractivity contribution in [3.05, 3.63) is 35.9 Å². The van der Waals surface area contributed by atoms with Gasteiger partial charge in [-0.15, -0.1) is 0 Å². The van der Waals surface area contributed by atoms with Crippen molar-refractivity contribution >= 4 is 18.0 Å². The number of aliphatic carboxylic acids is 1. The number of amides is 2. The van der Waals surface area contributed by atoms with Gasteiger partial charge < -0.3 is 19.6 Å². The summed E-state index contributed by atoms with van der Waals surface area (Å²) in [6.45, 7) is 0.538. The zero-order valence-electron chi connectivity index (χ0n) is 13.4. The molecule has 1 N–H and O–H groups in total. The standard InChI is InChI=1S/C16H22N2O5/c1-17(11-9-15(20)21)14(19)8-10-18(2)16(22)23-12-13-6-4-3-5-7-13/h3-7H,8-12H2,1-2H3,(H,20,21).